The SMILES string of the molecule is CCO[P@]1(=O)Oc2ccccc2[C@H]2[C@@H]1C[C@@]1(C(=O)OC)CCCN21. The predicted octanol–water partition coefficient (Wildman–Crippen LogP) is 3.13. The number of methoxy groups -OCH3 is 1. The summed E-state index contributed by atoms with van der Waals surface area (Å²) in [6, 6.07) is 7.50. The molecule has 0 aliphatic carbocycles. The number of benzene rings is 1. The van der Waals surface area contributed by atoms with Gasteiger partial charge in [0.05, 0.1) is 25.4 Å². The van der Waals surface area contributed by atoms with Crippen LogP contribution in [-0.4, -0.2) is 42.3 Å². The van der Waals surface area contributed by atoms with E-state index in [4.69, 9.17) is 13.8 Å². The van der Waals surface area contributed by atoms with E-state index in [9.17, 15) is 9.36 Å². The van der Waals surface area contributed by atoms with E-state index in [-0.39, 0.29) is 17.7 Å². The first-order valence-electron chi connectivity index (χ1n) is 8.44. The first-order chi connectivity index (χ1) is 11.6. The molecular weight excluding hydrogens is 329 g/mol. The number of nitrogens with zero attached hydrogens (tertiary/aromatic N) is 1. The van der Waals surface area contributed by atoms with Gasteiger partial charge in [-0.1, -0.05) is 18.2 Å². The molecule has 2 saturated heterocycles. The molecule has 130 valence electrons. The summed E-state index contributed by atoms with van der Waals surface area (Å²) in [6.45, 7) is 2.91. The van der Waals surface area contributed by atoms with Gasteiger partial charge in [0.1, 0.15) is 11.3 Å². The van der Waals surface area contributed by atoms with Crippen LogP contribution in [0.5, 0.6) is 5.75 Å². The number of carbonyl (C=O) groups excluding carboxylic acids is 1. The van der Waals surface area contributed by atoms with Crippen molar-refractivity contribution in [1.82, 2.24) is 4.90 Å². The second-order valence-electron chi connectivity index (χ2n) is 6.62. The lowest BCUT2D eigenvalue weighted by molar-refractivity contribution is -0.152. The van der Waals surface area contributed by atoms with E-state index in [1.54, 1.807) is 0 Å². The van der Waals surface area contributed by atoms with Gasteiger partial charge in [0.25, 0.3) is 0 Å². The minimum absolute atomic E-state index is 0.131. The number of hydrogen-bond acceptors (Lipinski definition) is 6. The summed E-state index contributed by atoms with van der Waals surface area (Å²) in [5.74, 6) is 0.359. The zero-order chi connectivity index (χ0) is 16.9. The zero-order valence-electron chi connectivity index (χ0n) is 13.9. The van der Waals surface area contributed by atoms with Gasteiger partial charge in [0.15, 0.2) is 0 Å². The summed E-state index contributed by atoms with van der Waals surface area (Å²) in [5, 5.41) is 0. The molecule has 0 spiro atoms. The lowest BCUT2D eigenvalue weighted by atomic mass is 9.93. The smallest absolute Gasteiger partial charge is 0.384 e. The highest BCUT2D eigenvalue weighted by atomic mass is 31.2. The summed E-state index contributed by atoms with van der Waals surface area (Å²) in [4.78, 5) is 14.8. The summed E-state index contributed by atoms with van der Waals surface area (Å²) in [5.41, 5.74) is -0.0643. The normalized spacial score (nSPS) is 37.2. The molecule has 1 aromatic carbocycles. The van der Waals surface area contributed by atoms with E-state index < -0.39 is 13.1 Å². The minimum atomic E-state index is -3.35. The zero-order valence-corrected chi connectivity index (χ0v) is 14.8. The Morgan fingerprint density at radius 2 is 2.25 bits per heavy atom. The summed E-state index contributed by atoms with van der Waals surface area (Å²) >= 11 is 0. The monoisotopic (exact) mass is 351 g/mol. The Balaban J connectivity index is 1.86. The van der Waals surface area contributed by atoms with E-state index in [1.807, 2.05) is 31.2 Å². The predicted molar refractivity (Wildman–Crippen MR) is 88.1 cm³/mol. The average Bonchev–Trinajstić information content (AvgIpc) is 3.12. The van der Waals surface area contributed by atoms with Gasteiger partial charge in [-0.2, -0.15) is 0 Å². The number of carbonyl (C=O) groups is 1. The van der Waals surface area contributed by atoms with Gasteiger partial charge >= 0.3 is 13.6 Å². The maximum absolute atomic E-state index is 13.5. The molecule has 0 saturated carbocycles. The number of esters is 1. The first kappa shape index (κ1) is 16.1. The van der Waals surface area contributed by atoms with Crippen molar-refractivity contribution in [3.05, 3.63) is 29.8 Å². The maximum atomic E-state index is 13.5. The van der Waals surface area contributed by atoms with Crippen LogP contribution in [0.2, 0.25) is 0 Å². The van der Waals surface area contributed by atoms with Crippen LogP contribution in [0.15, 0.2) is 24.3 Å². The number of hydrogen-bond donors (Lipinski definition) is 0. The third-order valence-electron chi connectivity index (χ3n) is 5.53. The second kappa shape index (κ2) is 5.58. The van der Waals surface area contributed by atoms with E-state index in [2.05, 4.69) is 4.90 Å². The molecule has 3 aliphatic heterocycles. The fourth-order valence-electron chi connectivity index (χ4n) is 4.66. The average molecular weight is 351 g/mol. The Hall–Kier alpha value is -1.36. The molecule has 4 atom stereocenters. The molecule has 1 aromatic rings. The number of fused-ring (bicyclic) bond motifs is 5. The highest BCUT2D eigenvalue weighted by molar-refractivity contribution is 7.55. The molecule has 24 heavy (non-hydrogen) atoms. The standard InChI is InChI=1S/C17H22NO5P/c1-3-22-24(20)14-11-17(16(19)21-2)9-6-10-18(17)15(14)12-7-4-5-8-13(12)23-24/h4-5,7-8,14-15H,3,6,9-11H2,1-2H3/t14-,15-,17+,24-/m0/s1. The largest absolute Gasteiger partial charge is 0.468 e. The van der Waals surface area contributed by atoms with Crippen LogP contribution in [-0.2, 0) is 18.6 Å². The molecule has 0 aromatic heterocycles. The molecule has 2 fully saturated rings. The molecule has 0 amide bonds. The van der Waals surface area contributed by atoms with Crippen LogP contribution in [0, 0.1) is 0 Å². The molecule has 3 heterocycles. The van der Waals surface area contributed by atoms with E-state index in [1.165, 1.54) is 7.11 Å². The van der Waals surface area contributed by atoms with Crippen molar-refractivity contribution in [3.8, 4) is 5.75 Å². The number of ether oxygens (including phenoxy) is 1. The molecule has 6 nitrogen and oxygen atoms in total. The van der Waals surface area contributed by atoms with Crippen LogP contribution >= 0.6 is 7.60 Å². The third-order valence-corrected chi connectivity index (χ3v) is 7.88. The molecule has 0 N–H and O–H groups in total. The first-order valence-corrected chi connectivity index (χ1v) is 10.0. The fourth-order valence-corrected chi connectivity index (χ4v) is 7.03. The highest BCUT2D eigenvalue weighted by Gasteiger charge is 2.66. The summed E-state index contributed by atoms with van der Waals surface area (Å²) in [7, 11) is -1.93. The molecule has 7 heteroatoms. The van der Waals surface area contributed by atoms with Gasteiger partial charge in [0, 0.05) is 5.56 Å². The molecule has 0 bridgehead atoms. The highest BCUT2D eigenvalue weighted by Crippen LogP contribution is 2.69. The lowest BCUT2D eigenvalue weighted by Crippen LogP contribution is -2.47. The van der Waals surface area contributed by atoms with Crippen molar-refractivity contribution >= 4 is 13.6 Å². The van der Waals surface area contributed by atoms with E-state index in [0.29, 0.717) is 18.8 Å². The van der Waals surface area contributed by atoms with Crippen molar-refractivity contribution in [2.24, 2.45) is 0 Å². The van der Waals surface area contributed by atoms with Crippen molar-refractivity contribution in [3.63, 3.8) is 0 Å². The van der Waals surface area contributed by atoms with E-state index in [0.717, 1.165) is 24.9 Å². The number of para-hydroxylation sites is 1. The van der Waals surface area contributed by atoms with Gasteiger partial charge in [-0.05, 0) is 38.8 Å². The van der Waals surface area contributed by atoms with Crippen LogP contribution in [0.1, 0.15) is 37.8 Å². The van der Waals surface area contributed by atoms with Gasteiger partial charge in [-0.25, -0.2) is 4.57 Å². The van der Waals surface area contributed by atoms with Crippen LogP contribution < -0.4 is 4.52 Å². The Morgan fingerprint density at radius 3 is 3.00 bits per heavy atom. The quantitative estimate of drug-likeness (QED) is 0.616. The van der Waals surface area contributed by atoms with Crippen molar-refractivity contribution in [1.29, 1.82) is 0 Å². The summed E-state index contributed by atoms with van der Waals surface area (Å²) < 4.78 is 30.0. The Labute approximate surface area is 141 Å². The Morgan fingerprint density at radius 1 is 1.46 bits per heavy atom. The van der Waals surface area contributed by atoms with Crippen molar-refractivity contribution in [2.75, 3.05) is 20.3 Å². The minimum Gasteiger partial charge on any atom is -0.468 e. The molecule has 3 aliphatic rings. The van der Waals surface area contributed by atoms with Crippen LogP contribution in [0.25, 0.3) is 0 Å². The van der Waals surface area contributed by atoms with Gasteiger partial charge in [-0.3, -0.25) is 14.2 Å². The van der Waals surface area contributed by atoms with Crippen molar-refractivity contribution in [2.45, 2.75) is 43.4 Å². The van der Waals surface area contributed by atoms with Crippen molar-refractivity contribution < 1.29 is 23.1 Å². The molecular formula is C17H22NO5P. The Bertz CT molecular complexity index is 723. The maximum Gasteiger partial charge on any atom is 0.384 e. The van der Waals surface area contributed by atoms with Crippen LogP contribution in [0.3, 0.4) is 0 Å². The van der Waals surface area contributed by atoms with Gasteiger partial charge in [0.2, 0.25) is 0 Å². The molecule has 0 unspecified atom stereocenters. The lowest BCUT2D eigenvalue weighted by Gasteiger charge is -2.37. The fraction of sp³-hybridized carbons (Fsp3) is 0.588. The summed E-state index contributed by atoms with van der Waals surface area (Å²) in [6.07, 6.45) is 2.11. The van der Waals surface area contributed by atoms with E-state index >= 15 is 0 Å². The number of rotatable bonds is 3. The molecule has 0 radical (unpaired) electrons. The Kier molecular flexibility index (Phi) is 3.75. The third kappa shape index (κ3) is 2.03. The van der Waals surface area contributed by atoms with Gasteiger partial charge in [-0.15, -0.1) is 0 Å². The topological polar surface area (TPSA) is 65.1 Å². The molecule has 4 rings (SSSR count). The van der Waals surface area contributed by atoms with Gasteiger partial charge < -0.3 is 9.26 Å². The van der Waals surface area contributed by atoms with Crippen LogP contribution in [0.4, 0.5) is 0 Å². The second-order valence-corrected chi connectivity index (χ2v) is 8.81.